The van der Waals surface area contributed by atoms with Crippen molar-refractivity contribution < 1.29 is 17.2 Å². The van der Waals surface area contributed by atoms with Gasteiger partial charge in [0.2, 0.25) is 9.84 Å². The Labute approximate surface area is 80.5 Å². The third kappa shape index (κ3) is 1.70. The molecule has 78 valence electrons. The second-order valence-electron chi connectivity index (χ2n) is 2.79. The van der Waals surface area contributed by atoms with Gasteiger partial charge >= 0.3 is 5.76 Å². The second kappa shape index (κ2) is 3.53. The molecular formula is C8H9F2NO2S. The van der Waals surface area contributed by atoms with Crippen LogP contribution < -0.4 is 5.73 Å². The zero-order valence-electron chi connectivity index (χ0n) is 7.37. The van der Waals surface area contributed by atoms with E-state index in [9.17, 15) is 17.2 Å². The number of para-hydroxylation sites is 1. The van der Waals surface area contributed by atoms with Crippen LogP contribution in [0.2, 0.25) is 0 Å². The molecule has 0 aliphatic heterocycles. The van der Waals surface area contributed by atoms with Crippen LogP contribution in [0.5, 0.6) is 0 Å². The number of halogens is 2. The molecule has 0 unspecified atom stereocenters. The average molecular weight is 221 g/mol. The first kappa shape index (κ1) is 10.9. The van der Waals surface area contributed by atoms with Crippen molar-refractivity contribution in [3.05, 3.63) is 23.8 Å². The van der Waals surface area contributed by atoms with Gasteiger partial charge in [-0.05, 0) is 18.6 Å². The van der Waals surface area contributed by atoms with Gasteiger partial charge in [-0.25, -0.2) is 8.42 Å². The maximum atomic E-state index is 12.2. The van der Waals surface area contributed by atoms with E-state index in [2.05, 4.69) is 0 Å². The number of hydrogen-bond acceptors (Lipinski definition) is 3. The first-order chi connectivity index (χ1) is 6.37. The third-order valence-corrected chi connectivity index (χ3v) is 3.26. The highest BCUT2D eigenvalue weighted by Crippen LogP contribution is 2.26. The number of alkyl halides is 2. The summed E-state index contributed by atoms with van der Waals surface area (Å²) in [5, 5.41) is 0. The van der Waals surface area contributed by atoms with Gasteiger partial charge in [-0.15, -0.1) is 0 Å². The largest absolute Gasteiger partial charge is 0.397 e. The summed E-state index contributed by atoms with van der Waals surface area (Å²) in [5.41, 5.74) is 5.74. The monoisotopic (exact) mass is 221 g/mol. The van der Waals surface area contributed by atoms with Crippen LogP contribution in [0.3, 0.4) is 0 Å². The number of nitrogen functional groups attached to an aromatic ring is 1. The molecule has 14 heavy (non-hydrogen) atoms. The van der Waals surface area contributed by atoms with Crippen LogP contribution in [0.1, 0.15) is 5.56 Å². The van der Waals surface area contributed by atoms with E-state index in [1.165, 1.54) is 6.07 Å². The lowest BCUT2D eigenvalue weighted by molar-refractivity contribution is 0.235. The molecule has 3 nitrogen and oxygen atoms in total. The summed E-state index contributed by atoms with van der Waals surface area (Å²) in [4.78, 5) is -0.507. The van der Waals surface area contributed by atoms with Crippen molar-refractivity contribution in [1.29, 1.82) is 0 Å². The maximum absolute atomic E-state index is 12.2. The molecule has 0 atom stereocenters. The fourth-order valence-electron chi connectivity index (χ4n) is 0.998. The smallest absolute Gasteiger partial charge is 0.341 e. The van der Waals surface area contributed by atoms with E-state index in [4.69, 9.17) is 5.73 Å². The molecule has 0 amide bonds. The molecular weight excluding hydrogens is 212 g/mol. The van der Waals surface area contributed by atoms with Gasteiger partial charge in [0.05, 0.1) is 10.6 Å². The molecule has 0 aliphatic carbocycles. The van der Waals surface area contributed by atoms with E-state index in [1.807, 2.05) is 0 Å². The Morgan fingerprint density at radius 2 is 1.93 bits per heavy atom. The van der Waals surface area contributed by atoms with Gasteiger partial charge in [-0.2, -0.15) is 8.78 Å². The first-order valence-corrected chi connectivity index (χ1v) is 5.29. The highest BCUT2D eigenvalue weighted by atomic mass is 32.2. The van der Waals surface area contributed by atoms with Gasteiger partial charge in [0.15, 0.2) is 0 Å². The molecule has 1 aromatic rings. The lowest BCUT2D eigenvalue weighted by atomic mass is 10.2. The zero-order chi connectivity index (χ0) is 10.9. The van der Waals surface area contributed by atoms with E-state index in [1.54, 1.807) is 13.0 Å². The number of aryl methyl sites for hydroxylation is 1. The summed E-state index contributed by atoms with van der Waals surface area (Å²) in [6.45, 7) is 1.56. The molecule has 1 aromatic carbocycles. The van der Waals surface area contributed by atoms with Crippen LogP contribution in [0.25, 0.3) is 0 Å². The fourth-order valence-corrected chi connectivity index (χ4v) is 1.93. The molecule has 0 saturated heterocycles. The Morgan fingerprint density at radius 1 is 1.36 bits per heavy atom. The van der Waals surface area contributed by atoms with Gasteiger partial charge in [0.25, 0.3) is 0 Å². The predicted molar refractivity (Wildman–Crippen MR) is 48.8 cm³/mol. The molecule has 0 spiro atoms. The minimum atomic E-state index is -4.59. The summed E-state index contributed by atoms with van der Waals surface area (Å²) in [5.74, 6) is -3.44. The molecule has 1 rings (SSSR count). The van der Waals surface area contributed by atoms with E-state index in [-0.39, 0.29) is 5.69 Å². The van der Waals surface area contributed by atoms with Gasteiger partial charge in [0.1, 0.15) is 0 Å². The number of hydrogen-bond donors (Lipinski definition) is 1. The van der Waals surface area contributed by atoms with Crippen LogP contribution >= 0.6 is 0 Å². The lowest BCUT2D eigenvalue weighted by Crippen LogP contribution is -2.13. The summed E-state index contributed by atoms with van der Waals surface area (Å²) in [6, 6.07) is 4.00. The quantitative estimate of drug-likeness (QED) is 0.771. The summed E-state index contributed by atoms with van der Waals surface area (Å²) in [7, 11) is -4.59. The molecule has 0 aliphatic rings. The third-order valence-electron chi connectivity index (χ3n) is 1.83. The Balaban J connectivity index is 3.42. The van der Waals surface area contributed by atoms with Crippen LogP contribution in [0.15, 0.2) is 23.1 Å². The number of benzene rings is 1. The molecule has 0 heterocycles. The van der Waals surface area contributed by atoms with Crippen molar-refractivity contribution in [3.8, 4) is 0 Å². The maximum Gasteiger partial charge on any atom is 0.341 e. The number of sulfone groups is 1. The van der Waals surface area contributed by atoms with E-state index in [0.29, 0.717) is 5.56 Å². The molecule has 0 bridgehead atoms. The second-order valence-corrected chi connectivity index (χ2v) is 4.68. The topological polar surface area (TPSA) is 60.2 Å². The Bertz CT molecular complexity index is 443. The minimum absolute atomic E-state index is 0.118. The Kier molecular flexibility index (Phi) is 2.75. The minimum Gasteiger partial charge on any atom is -0.397 e. The van der Waals surface area contributed by atoms with Crippen molar-refractivity contribution in [2.24, 2.45) is 0 Å². The normalized spacial score (nSPS) is 12.0. The average Bonchev–Trinajstić information content (AvgIpc) is 2.09. The highest BCUT2D eigenvalue weighted by molar-refractivity contribution is 7.91. The van der Waals surface area contributed by atoms with Crippen LogP contribution in [-0.4, -0.2) is 14.2 Å². The standard InChI is InChI=1S/C8H9F2NO2S/c1-5-3-2-4-6(7(5)11)14(12,13)8(9)10/h2-4,8H,11H2,1H3. The van der Waals surface area contributed by atoms with Crippen molar-refractivity contribution in [3.63, 3.8) is 0 Å². The van der Waals surface area contributed by atoms with Gasteiger partial charge in [-0.3, -0.25) is 0 Å². The summed E-state index contributed by atoms with van der Waals surface area (Å²) in [6.07, 6.45) is 0. The number of rotatable bonds is 2. The lowest BCUT2D eigenvalue weighted by Gasteiger charge is -2.07. The van der Waals surface area contributed by atoms with Crippen molar-refractivity contribution in [2.75, 3.05) is 5.73 Å². The zero-order valence-corrected chi connectivity index (χ0v) is 8.18. The molecule has 0 radical (unpaired) electrons. The van der Waals surface area contributed by atoms with Crippen molar-refractivity contribution in [2.45, 2.75) is 17.6 Å². The fraction of sp³-hybridized carbons (Fsp3) is 0.250. The Hall–Kier alpha value is -1.17. The Morgan fingerprint density at radius 3 is 2.43 bits per heavy atom. The molecule has 6 heteroatoms. The molecule has 0 fully saturated rings. The summed E-state index contributed by atoms with van der Waals surface area (Å²) >= 11 is 0. The molecule has 2 N–H and O–H groups in total. The van der Waals surface area contributed by atoms with Gasteiger partial charge in [-0.1, -0.05) is 12.1 Å². The number of anilines is 1. The SMILES string of the molecule is Cc1cccc(S(=O)(=O)C(F)F)c1N. The summed E-state index contributed by atoms with van der Waals surface area (Å²) < 4.78 is 46.5. The van der Waals surface area contributed by atoms with E-state index >= 15 is 0 Å². The van der Waals surface area contributed by atoms with Crippen LogP contribution in [0, 0.1) is 6.92 Å². The highest BCUT2D eigenvalue weighted by Gasteiger charge is 2.28. The van der Waals surface area contributed by atoms with Crippen molar-refractivity contribution in [1.82, 2.24) is 0 Å². The first-order valence-electron chi connectivity index (χ1n) is 3.74. The van der Waals surface area contributed by atoms with E-state index < -0.39 is 20.5 Å². The van der Waals surface area contributed by atoms with Gasteiger partial charge in [0, 0.05) is 0 Å². The van der Waals surface area contributed by atoms with Crippen LogP contribution in [-0.2, 0) is 9.84 Å². The molecule has 0 aromatic heterocycles. The van der Waals surface area contributed by atoms with Crippen LogP contribution in [0.4, 0.5) is 14.5 Å². The van der Waals surface area contributed by atoms with Gasteiger partial charge < -0.3 is 5.73 Å². The van der Waals surface area contributed by atoms with Crippen molar-refractivity contribution >= 4 is 15.5 Å². The number of nitrogens with two attached hydrogens (primary N) is 1. The van der Waals surface area contributed by atoms with E-state index in [0.717, 1.165) is 6.07 Å². The molecule has 0 saturated carbocycles. The predicted octanol–water partition coefficient (Wildman–Crippen LogP) is 1.57.